The molecule has 0 spiro atoms. The Labute approximate surface area is 184 Å². The van der Waals surface area contributed by atoms with Gasteiger partial charge < -0.3 is 20.1 Å². The summed E-state index contributed by atoms with van der Waals surface area (Å²) in [6.07, 6.45) is 0.835. The summed E-state index contributed by atoms with van der Waals surface area (Å²) < 4.78 is 11.5. The summed E-state index contributed by atoms with van der Waals surface area (Å²) in [4.78, 5) is 6.68. The second kappa shape index (κ2) is 12.4. The van der Waals surface area contributed by atoms with Crippen LogP contribution in [0.2, 0.25) is 5.02 Å². The van der Waals surface area contributed by atoms with Crippen LogP contribution in [0.5, 0.6) is 5.75 Å². The number of ether oxygens (including phenoxy) is 2. The van der Waals surface area contributed by atoms with Crippen LogP contribution in [-0.2, 0) is 17.7 Å². The summed E-state index contributed by atoms with van der Waals surface area (Å²) in [5.74, 6) is 1.66. The maximum absolute atomic E-state index is 6.23. The zero-order valence-corrected chi connectivity index (χ0v) is 18.3. The minimum absolute atomic E-state index is 0.638. The van der Waals surface area contributed by atoms with Crippen molar-refractivity contribution in [3.8, 4) is 5.75 Å². The second-order valence-corrected chi connectivity index (χ2v) is 7.51. The molecule has 2 N–H and O–H groups in total. The van der Waals surface area contributed by atoms with Gasteiger partial charge in [0.2, 0.25) is 0 Å². The molecule has 7 heteroatoms. The number of hydrogen-bond acceptors (Lipinski definition) is 4. The van der Waals surface area contributed by atoms with E-state index in [1.807, 2.05) is 42.5 Å². The topological polar surface area (TPSA) is 58.1 Å². The SMILES string of the molecule is CN=C(NCCc1ccccc1Cl)NCc1ccccc1OCCN1CCOCC1. The molecule has 0 radical (unpaired) electrons. The van der Waals surface area contributed by atoms with Crippen molar-refractivity contribution in [1.29, 1.82) is 0 Å². The lowest BCUT2D eigenvalue weighted by Gasteiger charge is -2.26. The molecule has 0 saturated carbocycles. The Morgan fingerprint density at radius 3 is 2.57 bits per heavy atom. The number of hydrogen-bond donors (Lipinski definition) is 2. The van der Waals surface area contributed by atoms with Crippen molar-refractivity contribution in [3.63, 3.8) is 0 Å². The number of aliphatic imine (C=N–C) groups is 1. The van der Waals surface area contributed by atoms with Gasteiger partial charge in [-0.2, -0.15) is 0 Å². The van der Waals surface area contributed by atoms with Crippen molar-refractivity contribution in [2.75, 3.05) is 53.0 Å². The molecule has 0 amide bonds. The van der Waals surface area contributed by atoms with Crippen LogP contribution in [0.1, 0.15) is 11.1 Å². The molecule has 2 aromatic carbocycles. The molecule has 1 aliphatic rings. The molecule has 0 unspecified atom stereocenters. The van der Waals surface area contributed by atoms with E-state index < -0.39 is 0 Å². The third kappa shape index (κ3) is 7.20. The van der Waals surface area contributed by atoms with Gasteiger partial charge in [-0.3, -0.25) is 9.89 Å². The predicted molar refractivity (Wildman–Crippen MR) is 123 cm³/mol. The summed E-state index contributed by atoms with van der Waals surface area (Å²) in [5, 5.41) is 7.50. The average Bonchev–Trinajstić information content (AvgIpc) is 2.79. The first-order valence-electron chi connectivity index (χ1n) is 10.4. The number of para-hydroxylation sites is 1. The highest BCUT2D eigenvalue weighted by Crippen LogP contribution is 2.18. The van der Waals surface area contributed by atoms with Crippen molar-refractivity contribution in [3.05, 3.63) is 64.7 Å². The van der Waals surface area contributed by atoms with Gasteiger partial charge in [-0.05, 0) is 24.1 Å². The molecule has 1 fully saturated rings. The summed E-state index contributed by atoms with van der Waals surface area (Å²) in [7, 11) is 1.77. The molecule has 3 rings (SSSR count). The van der Waals surface area contributed by atoms with Gasteiger partial charge in [-0.1, -0.05) is 48.0 Å². The van der Waals surface area contributed by atoms with Crippen LogP contribution in [0.15, 0.2) is 53.5 Å². The average molecular weight is 431 g/mol. The molecule has 30 heavy (non-hydrogen) atoms. The van der Waals surface area contributed by atoms with Crippen molar-refractivity contribution in [2.45, 2.75) is 13.0 Å². The third-order valence-corrected chi connectivity index (χ3v) is 5.42. The minimum Gasteiger partial charge on any atom is -0.492 e. The van der Waals surface area contributed by atoms with Crippen LogP contribution < -0.4 is 15.4 Å². The van der Waals surface area contributed by atoms with Crippen molar-refractivity contribution in [1.82, 2.24) is 15.5 Å². The van der Waals surface area contributed by atoms with E-state index in [9.17, 15) is 0 Å². The van der Waals surface area contributed by atoms with Gasteiger partial charge in [-0.25, -0.2) is 0 Å². The predicted octanol–water partition coefficient (Wildman–Crippen LogP) is 2.96. The zero-order valence-electron chi connectivity index (χ0n) is 17.6. The smallest absolute Gasteiger partial charge is 0.191 e. The van der Waals surface area contributed by atoms with Crippen LogP contribution >= 0.6 is 11.6 Å². The van der Waals surface area contributed by atoms with Crippen LogP contribution in [0.4, 0.5) is 0 Å². The van der Waals surface area contributed by atoms with E-state index in [1.165, 1.54) is 0 Å². The molecule has 0 aromatic heterocycles. The highest BCUT2D eigenvalue weighted by atomic mass is 35.5. The Balaban J connectivity index is 1.43. The van der Waals surface area contributed by atoms with Gasteiger partial charge >= 0.3 is 0 Å². The fourth-order valence-corrected chi connectivity index (χ4v) is 3.55. The third-order valence-electron chi connectivity index (χ3n) is 5.06. The molecule has 6 nitrogen and oxygen atoms in total. The number of halogens is 1. The molecule has 162 valence electrons. The number of nitrogens with zero attached hydrogens (tertiary/aromatic N) is 2. The molecule has 1 saturated heterocycles. The van der Waals surface area contributed by atoms with E-state index in [-0.39, 0.29) is 0 Å². The van der Waals surface area contributed by atoms with Crippen LogP contribution in [-0.4, -0.2) is 63.9 Å². The van der Waals surface area contributed by atoms with Gasteiger partial charge in [-0.15, -0.1) is 0 Å². The fourth-order valence-electron chi connectivity index (χ4n) is 3.32. The maximum atomic E-state index is 6.23. The van der Waals surface area contributed by atoms with Gasteiger partial charge in [0.05, 0.1) is 13.2 Å². The molecule has 0 bridgehead atoms. The summed E-state index contributed by atoms with van der Waals surface area (Å²) in [6.45, 7) is 6.54. The molecule has 1 aliphatic heterocycles. The highest BCUT2D eigenvalue weighted by Gasteiger charge is 2.11. The Bertz CT molecular complexity index is 809. The Kier molecular flexibility index (Phi) is 9.28. The Morgan fingerprint density at radius 2 is 1.80 bits per heavy atom. The lowest BCUT2D eigenvalue weighted by atomic mass is 10.1. The van der Waals surface area contributed by atoms with E-state index in [2.05, 4.69) is 26.6 Å². The van der Waals surface area contributed by atoms with E-state index >= 15 is 0 Å². The number of benzene rings is 2. The first-order valence-corrected chi connectivity index (χ1v) is 10.8. The molecule has 1 heterocycles. The van der Waals surface area contributed by atoms with Gasteiger partial charge in [0, 0.05) is 50.4 Å². The number of morpholine rings is 1. The quantitative estimate of drug-likeness (QED) is 0.473. The van der Waals surface area contributed by atoms with E-state index in [0.717, 1.165) is 73.7 Å². The van der Waals surface area contributed by atoms with E-state index in [0.29, 0.717) is 13.2 Å². The molecule has 0 aliphatic carbocycles. The van der Waals surface area contributed by atoms with Gasteiger partial charge in [0.1, 0.15) is 12.4 Å². The normalized spacial score (nSPS) is 15.1. The van der Waals surface area contributed by atoms with Gasteiger partial charge in [0.15, 0.2) is 5.96 Å². The number of nitrogens with one attached hydrogen (secondary N) is 2. The maximum Gasteiger partial charge on any atom is 0.191 e. The Hall–Kier alpha value is -2.28. The summed E-state index contributed by atoms with van der Waals surface area (Å²) >= 11 is 6.23. The summed E-state index contributed by atoms with van der Waals surface area (Å²) in [5.41, 5.74) is 2.23. The standard InChI is InChI=1S/C23H31ClN4O2/c1-25-23(26-11-10-19-6-2-4-8-21(19)24)27-18-20-7-3-5-9-22(20)30-17-14-28-12-15-29-16-13-28/h2-9H,10-18H2,1H3,(H2,25,26,27). The molecular formula is C23H31ClN4O2. The summed E-state index contributed by atoms with van der Waals surface area (Å²) in [6, 6.07) is 16.0. The van der Waals surface area contributed by atoms with Crippen LogP contribution in [0, 0.1) is 0 Å². The molecule has 2 aromatic rings. The largest absolute Gasteiger partial charge is 0.492 e. The monoisotopic (exact) mass is 430 g/mol. The highest BCUT2D eigenvalue weighted by molar-refractivity contribution is 6.31. The lowest BCUT2D eigenvalue weighted by Crippen LogP contribution is -2.39. The van der Waals surface area contributed by atoms with E-state index in [1.54, 1.807) is 7.05 Å². The first kappa shape index (κ1) is 22.4. The Morgan fingerprint density at radius 1 is 1.07 bits per heavy atom. The van der Waals surface area contributed by atoms with Crippen molar-refractivity contribution in [2.24, 2.45) is 4.99 Å². The zero-order chi connectivity index (χ0) is 21.0. The molecular weight excluding hydrogens is 400 g/mol. The fraction of sp³-hybridized carbons (Fsp3) is 0.435. The number of rotatable bonds is 9. The van der Waals surface area contributed by atoms with Crippen LogP contribution in [0.3, 0.4) is 0 Å². The van der Waals surface area contributed by atoms with Crippen molar-refractivity contribution < 1.29 is 9.47 Å². The molecule has 0 atom stereocenters. The minimum atomic E-state index is 0.638. The van der Waals surface area contributed by atoms with E-state index in [4.69, 9.17) is 21.1 Å². The van der Waals surface area contributed by atoms with Gasteiger partial charge in [0.25, 0.3) is 0 Å². The lowest BCUT2D eigenvalue weighted by molar-refractivity contribution is 0.0322. The second-order valence-electron chi connectivity index (χ2n) is 7.10. The number of guanidine groups is 1. The first-order chi connectivity index (χ1) is 14.8. The van der Waals surface area contributed by atoms with Crippen LogP contribution in [0.25, 0.3) is 0 Å². The van der Waals surface area contributed by atoms with Crippen molar-refractivity contribution >= 4 is 17.6 Å².